The Balaban J connectivity index is 0.000000845. The smallest absolute Gasteiger partial charge is 0.00436 e. The van der Waals surface area contributed by atoms with Gasteiger partial charge in [-0.1, -0.05) is 25.7 Å². The normalized spacial score (nSPS) is 27.7. The SMILES string of the molecule is C1CCCC2(CC1)CCNCC2.Cl. The summed E-state index contributed by atoms with van der Waals surface area (Å²) in [4.78, 5) is 0. The molecule has 1 spiro atoms. The zero-order valence-electron chi connectivity index (χ0n) is 8.48. The average Bonchev–Trinajstić information content (AvgIpc) is 2.33. The van der Waals surface area contributed by atoms with Gasteiger partial charge in [0.1, 0.15) is 0 Å². The standard InChI is InChI=1S/C11H21N.ClH/c1-2-4-6-11(5-3-1)7-9-12-10-8-11;/h12H,1-10H2;1H. The number of nitrogens with one attached hydrogen (secondary N) is 1. The molecule has 2 fully saturated rings. The van der Waals surface area contributed by atoms with E-state index in [0.29, 0.717) is 0 Å². The first-order valence-corrected chi connectivity index (χ1v) is 5.62. The summed E-state index contributed by atoms with van der Waals surface area (Å²) in [5.41, 5.74) is 0.780. The number of hydrogen-bond donors (Lipinski definition) is 1. The third-order valence-corrected chi connectivity index (χ3v) is 3.83. The summed E-state index contributed by atoms with van der Waals surface area (Å²) in [6, 6.07) is 0. The van der Waals surface area contributed by atoms with E-state index >= 15 is 0 Å². The third kappa shape index (κ3) is 2.85. The molecule has 1 saturated carbocycles. The molecule has 0 radical (unpaired) electrons. The molecule has 1 nitrogen and oxygen atoms in total. The van der Waals surface area contributed by atoms with Gasteiger partial charge in [-0.25, -0.2) is 0 Å². The summed E-state index contributed by atoms with van der Waals surface area (Å²) >= 11 is 0. The largest absolute Gasteiger partial charge is 0.317 e. The summed E-state index contributed by atoms with van der Waals surface area (Å²) in [6.07, 6.45) is 11.9. The predicted octanol–water partition coefficient (Wildman–Crippen LogP) is 3.13. The molecular formula is C11H22ClN. The molecule has 2 aliphatic rings. The molecule has 0 aromatic rings. The maximum absolute atomic E-state index is 3.48. The Morgan fingerprint density at radius 1 is 0.692 bits per heavy atom. The molecule has 2 rings (SSSR count). The minimum atomic E-state index is 0. The molecule has 0 bridgehead atoms. The van der Waals surface area contributed by atoms with Gasteiger partial charge in [0.25, 0.3) is 0 Å². The second-order valence-corrected chi connectivity index (χ2v) is 4.66. The van der Waals surface area contributed by atoms with E-state index in [1.807, 2.05) is 0 Å². The van der Waals surface area contributed by atoms with Crippen LogP contribution in [0.3, 0.4) is 0 Å². The molecule has 1 heterocycles. The molecule has 0 aromatic heterocycles. The monoisotopic (exact) mass is 203 g/mol. The summed E-state index contributed by atoms with van der Waals surface area (Å²) in [5.74, 6) is 0. The lowest BCUT2D eigenvalue weighted by atomic mass is 9.73. The molecule has 1 aliphatic heterocycles. The van der Waals surface area contributed by atoms with E-state index < -0.39 is 0 Å². The van der Waals surface area contributed by atoms with E-state index in [-0.39, 0.29) is 12.4 Å². The Morgan fingerprint density at radius 3 is 1.77 bits per heavy atom. The highest BCUT2D eigenvalue weighted by Crippen LogP contribution is 2.41. The first-order valence-electron chi connectivity index (χ1n) is 5.62. The number of piperidine rings is 1. The fourth-order valence-electron chi connectivity index (χ4n) is 2.94. The van der Waals surface area contributed by atoms with Crippen molar-refractivity contribution in [3.8, 4) is 0 Å². The second kappa shape index (κ2) is 5.21. The van der Waals surface area contributed by atoms with Gasteiger partial charge in [0.2, 0.25) is 0 Å². The molecule has 13 heavy (non-hydrogen) atoms. The van der Waals surface area contributed by atoms with E-state index in [9.17, 15) is 0 Å². The van der Waals surface area contributed by atoms with Gasteiger partial charge < -0.3 is 5.32 Å². The maximum atomic E-state index is 3.48. The number of rotatable bonds is 0. The Bertz CT molecular complexity index is 131. The first kappa shape index (κ1) is 11.3. The van der Waals surface area contributed by atoms with Gasteiger partial charge in [0.15, 0.2) is 0 Å². The molecule has 0 aromatic carbocycles. The van der Waals surface area contributed by atoms with Crippen LogP contribution in [-0.4, -0.2) is 13.1 Å². The van der Waals surface area contributed by atoms with E-state index in [2.05, 4.69) is 5.32 Å². The molecule has 1 aliphatic carbocycles. The van der Waals surface area contributed by atoms with Crippen molar-refractivity contribution in [1.82, 2.24) is 5.32 Å². The van der Waals surface area contributed by atoms with Gasteiger partial charge in [0.05, 0.1) is 0 Å². The van der Waals surface area contributed by atoms with Crippen LogP contribution in [0.2, 0.25) is 0 Å². The van der Waals surface area contributed by atoms with Crippen LogP contribution in [0.1, 0.15) is 51.4 Å². The maximum Gasteiger partial charge on any atom is -0.00436 e. The lowest BCUT2D eigenvalue weighted by molar-refractivity contribution is 0.172. The quantitative estimate of drug-likeness (QED) is 0.638. The van der Waals surface area contributed by atoms with Crippen LogP contribution in [0.15, 0.2) is 0 Å². The van der Waals surface area contributed by atoms with E-state index in [4.69, 9.17) is 0 Å². The van der Waals surface area contributed by atoms with Crippen LogP contribution in [0.25, 0.3) is 0 Å². The van der Waals surface area contributed by atoms with Gasteiger partial charge in [-0.3, -0.25) is 0 Å². The van der Waals surface area contributed by atoms with Crippen LogP contribution in [0.4, 0.5) is 0 Å². The van der Waals surface area contributed by atoms with Crippen molar-refractivity contribution in [3.63, 3.8) is 0 Å². The number of halogens is 1. The topological polar surface area (TPSA) is 12.0 Å². The summed E-state index contributed by atoms with van der Waals surface area (Å²) in [7, 11) is 0. The summed E-state index contributed by atoms with van der Waals surface area (Å²) < 4.78 is 0. The van der Waals surface area contributed by atoms with Crippen LogP contribution in [0.5, 0.6) is 0 Å². The molecule has 78 valence electrons. The van der Waals surface area contributed by atoms with Crippen LogP contribution < -0.4 is 5.32 Å². The van der Waals surface area contributed by atoms with E-state index in [1.54, 1.807) is 0 Å². The minimum absolute atomic E-state index is 0. The molecule has 0 atom stereocenters. The zero-order valence-corrected chi connectivity index (χ0v) is 9.30. The van der Waals surface area contributed by atoms with Crippen LogP contribution in [0, 0.1) is 5.41 Å². The van der Waals surface area contributed by atoms with Crippen molar-refractivity contribution in [2.24, 2.45) is 5.41 Å². The first-order chi connectivity index (χ1) is 5.91. The lowest BCUT2D eigenvalue weighted by Crippen LogP contribution is -2.36. The van der Waals surface area contributed by atoms with Crippen LogP contribution >= 0.6 is 12.4 Å². The molecule has 0 amide bonds. The highest BCUT2D eigenvalue weighted by Gasteiger charge is 2.31. The van der Waals surface area contributed by atoms with Gasteiger partial charge in [-0.2, -0.15) is 0 Å². The van der Waals surface area contributed by atoms with Crippen molar-refractivity contribution >= 4 is 12.4 Å². The highest BCUT2D eigenvalue weighted by molar-refractivity contribution is 5.85. The average molecular weight is 204 g/mol. The van der Waals surface area contributed by atoms with E-state index in [1.165, 1.54) is 64.5 Å². The summed E-state index contributed by atoms with van der Waals surface area (Å²) in [6.45, 7) is 2.56. The van der Waals surface area contributed by atoms with Gasteiger partial charge in [-0.15, -0.1) is 12.4 Å². The molecular weight excluding hydrogens is 182 g/mol. The van der Waals surface area contributed by atoms with Gasteiger partial charge in [0, 0.05) is 0 Å². The second-order valence-electron chi connectivity index (χ2n) is 4.66. The Hall–Kier alpha value is 0.250. The van der Waals surface area contributed by atoms with Gasteiger partial charge in [-0.05, 0) is 44.2 Å². The van der Waals surface area contributed by atoms with Crippen molar-refractivity contribution in [3.05, 3.63) is 0 Å². The number of hydrogen-bond acceptors (Lipinski definition) is 1. The Morgan fingerprint density at radius 2 is 1.23 bits per heavy atom. The van der Waals surface area contributed by atoms with E-state index in [0.717, 1.165) is 5.41 Å². The van der Waals surface area contributed by atoms with Gasteiger partial charge >= 0.3 is 0 Å². The Labute approximate surface area is 88.1 Å². The fourth-order valence-corrected chi connectivity index (χ4v) is 2.94. The summed E-state index contributed by atoms with van der Waals surface area (Å²) in [5, 5.41) is 3.48. The minimum Gasteiger partial charge on any atom is -0.317 e. The van der Waals surface area contributed by atoms with Crippen molar-refractivity contribution in [2.75, 3.05) is 13.1 Å². The van der Waals surface area contributed by atoms with Crippen LogP contribution in [-0.2, 0) is 0 Å². The molecule has 2 heteroatoms. The van der Waals surface area contributed by atoms with Crippen molar-refractivity contribution in [2.45, 2.75) is 51.4 Å². The molecule has 0 unspecified atom stereocenters. The predicted molar refractivity (Wildman–Crippen MR) is 59.5 cm³/mol. The van der Waals surface area contributed by atoms with Crippen molar-refractivity contribution < 1.29 is 0 Å². The van der Waals surface area contributed by atoms with Crippen molar-refractivity contribution in [1.29, 1.82) is 0 Å². The molecule has 1 saturated heterocycles. The zero-order chi connectivity index (χ0) is 8.28. The molecule has 1 N–H and O–H groups in total. The Kier molecular flexibility index (Phi) is 4.54. The highest BCUT2D eigenvalue weighted by atomic mass is 35.5. The third-order valence-electron chi connectivity index (χ3n) is 3.83. The lowest BCUT2D eigenvalue weighted by Gasteiger charge is -2.37. The fraction of sp³-hybridized carbons (Fsp3) is 1.00.